The number of anilines is 1. The molecule has 0 fully saturated rings. The van der Waals surface area contributed by atoms with Crippen LogP contribution in [0.4, 0.5) is 5.00 Å². The average molecular weight is 398 g/mol. The van der Waals surface area contributed by atoms with Crippen molar-refractivity contribution in [2.24, 2.45) is 5.73 Å². The number of hydrogen-bond donors (Lipinski definition) is 2. The van der Waals surface area contributed by atoms with Gasteiger partial charge in [-0.25, -0.2) is 0 Å². The maximum absolute atomic E-state index is 12.7. The number of nitrogens with two attached hydrogens (primary N) is 1. The molecule has 1 aliphatic heterocycles. The number of carbonyl (C=O) groups is 2. The maximum Gasteiger partial charge on any atom is 0.251 e. The zero-order chi connectivity index (χ0) is 18.8. The SMILES string of the molecule is NC(=O)c1ccsc1NC(=O)CN1CCc2sccc2[C@H]1c1ccccc1. The number of amides is 2. The summed E-state index contributed by atoms with van der Waals surface area (Å²) in [7, 11) is 0. The molecule has 3 N–H and O–H groups in total. The first-order valence-corrected chi connectivity index (χ1v) is 10.4. The van der Waals surface area contributed by atoms with Gasteiger partial charge >= 0.3 is 0 Å². The summed E-state index contributed by atoms with van der Waals surface area (Å²) in [4.78, 5) is 27.7. The first kappa shape index (κ1) is 17.9. The lowest BCUT2D eigenvalue weighted by Crippen LogP contribution is -2.40. The predicted octanol–water partition coefficient (Wildman–Crippen LogP) is 3.49. The van der Waals surface area contributed by atoms with Crippen LogP contribution in [-0.4, -0.2) is 29.8 Å². The summed E-state index contributed by atoms with van der Waals surface area (Å²) in [5, 5.41) is 7.23. The molecule has 3 aromatic rings. The minimum absolute atomic E-state index is 0.0610. The van der Waals surface area contributed by atoms with Gasteiger partial charge in [-0.2, -0.15) is 0 Å². The van der Waals surface area contributed by atoms with E-state index in [1.165, 1.54) is 27.3 Å². The Kier molecular flexibility index (Phi) is 5.07. The molecule has 0 bridgehead atoms. The van der Waals surface area contributed by atoms with Crippen LogP contribution in [0.5, 0.6) is 0 Å². The van der Waals surface area contributed by atoms with Crippen LogP contribution in [0.1, 0.15) is 32.4 Å². The number of nitrogens with zero attached hydrogens (tertiary/aromatic N) is 1. The molecule has 0 saturated heterocycles. The Balaban J connectivity index is 1.56. The predicted molar refractivity (Wildman–Crippen MR) is 109 cm³/mol. The van der Waals surface area contributed by atoms with E-state index in [-0.39, 0.29) is 18.5 Å². The van der Waals surface area contributed by atoms with Gasteiger partial charge in [0.15, 0.2) is 0 Å². The Labute approximate surface area is 165 Å². The summed E-state index contributed by atoms with van der Waals surface area (Å²) in [6, 6.07) is 14.1. The number of fused-ring (bicyclic) bond motifs is 1. The highest BCUT2D eigenvalue weighted by Gasteiger charge is 2.30. The molecule has 0 unspecified atom stereocenters. The van der Waals surface area contributed by atoms with E-state index in [2.05, 4.69) is 33.8 Å². The molecule has 138 valence electrons. The van der Waals surface area contributed by atoms with Gasteiger partial charge in [-0.1, -0.05) is 30.3 Å². The van der Waals surface area contributed by atoms with Gasteiger partial charge < -0.3 is 11.1 Å². The van der Waals surface area contributed by atoms with Crippen LogP contribution in [0.25, 0.3) is 0 Å². The molecule has 2 amide bonds. The Bertz CT molecular complexity index is 965. The van der Waals surface area contributed by atoms with E-state index in [9.17, 15) is 9.59 Å². The van der Waals surface area contributed by atoms with Crippen LogP contribution in [0.2, 0.25) is 0 Å². The summed E-state index contributed by atoms with van der Waals surface area (Å²) in [5.74, 6) is -0.672. The second-order valence-electron chi connectivity index (χ2n) is 6.41. The van der Waals surface area contributed by atoms with Gasteiger partial charge in [-0.05, 0) is 40.4 Å². The third kappa shape index (κ3) is 3.66. The van der Waals surface area contributed by atoms with Gasteiger partial charge in [0, 0.05) is 11.4 Å². The molecular weight excluding hydrogens is 378 g/mol. The summed E-state index contributed by atoms with van der Waals surface area (Å²) in [6.45, 7) is 1.07. The molecule has 0 radical (unpaired) electrons. The van der Waals surface area contributed by atoms with E-state index in [1.807, 2.05) is 18.2 Å². The van der Waals surface area contributed by atoms with Crippen molar-refractivity contribution in [2.45, 2.75) is 12.5 Å². The van der Waals surface area contributed by atoms with E-state index in [0.717, 1.165) is 13.0 Å². The zero-order valence-electron chi connectivity index (χ0n) is 14.6. The third-order valence-electron chi connectivity index (χ3n) is 4.71. The van der Waals surface area contributed by atoms with Crippen LogP contribution in [0.3, 0.4) is 0 Å². The third-order valence-corrected chi connectivity index (χ3v) is 6.54. The summed E-state index contributed by atoms with van der Waals surface area (Å²) < 4.78 is 0. The number of primary amides is 1. The number of hydrogen-bond acceptors (Lipinski definition) is 5. The van der Waals surface area contributed by atoms with Crippen molar-refractivity contribution >= 4 is 39.5 Å². The van der Waals surface area contributed by atoms with E-state index in [0.29, 0.717) is 10.6 Å². The molecule has 0 aliphatic carbocycles. The average Bonchev–Trinajstić information content (AvgIpc) is 3.31. The van der Waals surface area contributed by atoms with Crippen LogP contribution < -0.4 is 11.1 Å². The Morgan fingerprint density at radius 3 is 2.67 bits per heavy atom. The van der Waals surface area contributed by atoms with Crippen LogP contribution in [-0.2, 0) is 11.2 Å². The van der Waals surface area contributed by atoms with Crippen molar-refractivity contribution < 1.29 is 9.59 Å². The molecule has 0 spiro atoms. The summed E-state index contributed by atoms with van der Waals surface area (Å²) in [6.07, 6.45) is 0.940. The van der Waals surface area contributed by atoms with Crippen molar-refractivity contribution in [3.8, 4) is 0 Å². The number of rotatable bonds is 5. The molecule has 1 atom stereocenters. The van der Waals surface area contributed by atoms with E-state index < -0.39 is 5.91 Å². The summed E-state index contributed by atoms with van der Waals surface area (Å²) >= 11 is 3.08. The summed E-state index contributed by atoms with van der Waals surface area (Å²) in [5.41, 5.74) is 8.18. The highest BCUT2D eigenvalue weighted by molar-refractivity contribution is 7.14. The number of carbonyl (C=O) groups excluding carboxylic acids is 2. The second-order valence-corrected chi connectivity index (χ2v) is 8.33. The van der Waals surface area contributed by atoms with E-state index in [1.54, 1.807) is 22.8 Å². The van der Waals surface area contributed by atoms with Gasteiger partial charge in [0.1, 0.15) is 5.00 Å². The molecule has 5 nitrogen and oxygen atoms in total. The van der Waals surface area contributed by atoms with Gasteiger partial charge in [-0.15, -0.1) is 22.7 Å². The second kappa shape index (κ2) is 7.64. The van der Waals surface area contributed by atoms with Gasteiger partial charge in [0.2, 0.25) is 5.91 Å². The quantitative estimate of drug-likeness (QED) is 0.692. The van der Waals surface area contributed by atoms with Crippen molar-refractivity contribution in [2.75, 3.05) is 18.4 Å². The highest BCUT2D eigenvalue weighted by atomic mass is 32.1. The molecule has 2 aromatic heterocycles. The molecular formula is C20H19N3O2S2. The van der Waals surface area contributed by atoms with E-state index in [4.69, 9.17) is 5.73 Å². The fourth-order valence-corrected chi connectivity index (χ4v) is 5.23. The molecule has 0 saturated carbocycles. The molecule has 3 heterocycles. The lowest BCUT2D eigenvalue weighted by molar-refractivity contribution is -0.117. The molecule has 4 rings (SSSR count). The standard InChI is InChI=1S/C20H19N3O2S2/c21-19(25)15-8-11-27-20(15)22-17(24)12-23-9-6-16-14(7-10-26-16)18(23)13-4-2-1-3-5-13/h1-5,7-8,10-11,18H,6,9,12H2,(H2,21,25)(H,22,24)/t18-/m1/s1. The lowest BCUT2D eigenvalue weighted by atomic mass is 9.93. The molecule has 1 aromatic carbocycles. The molecule has 27 heavy (non-hydrogen) atoms. The highest BCUT2D eigenvalue weighted by Crippen LogP contribution is 2.37. The van der Waals surface area contributed by atoms with Crippen molar-refractivity contribution in [3.05, 3.63) is 74.8 Å². The minimum Gasteiger partial charge on any atom is -0.366 e. The fraction of sp³-hybridized carbons (Fsp3) is 0.200. The normalized spacial score (nSPS) is 16.7. The Morgan fingerprint density at radius 1 is 1.11 bits per heavy atom. The van der Waals surface area contributed by atoms with Crippen LogP contribution in [0, 0.1) is 0 Å². The Morgan fingerprint density at radius 2 is 1.89 bits per heavy atom. The van der Waals surface area contributed by atoms with Crippen LogP contribution >= 0.6 is 22.7 Å². The topological polar surface area (TPSA) is 75.4 Å². The van der Waals surface area contributed by atoms with Crippen molar-refractivity contribution in [3.63, 3.8) is 0 Å². The lowest BCUT2D eigenvalue weighted by Gasteiger charge is -2.35. The molecule has 7 heteroatoms. The fourth-order valence-electron chi connectivity index (χ4n) is 3.52. The molecule has 1 aliphatic rings. The van der Waals surface area contributed by atoms with E-state index >= 15 is 0 Å². The number of nitrogens with one attached hydrogen (secondary N) is 1. The zero-order valence-corrected chi connectivity index (χ0v) is 16.2. The van der Waals surface area contributed by atoms with Crippen molar-refractivity contribution in [1.29, 1.82) is 0 Å². The number of benzene rings is 1. The largest absolute Gasteiger partial charge is 0.366 e. The van der Waals surface area contributed by atoms with Gasteiger partial charge in [0.25, 0.3) is 5.91 Å². The first-order chi connectivity index (χ1) is 13.1. The minimum atomic E-state index is -0.533. The smallest absolute Gasteiger partial charge is 0.251 e. The van der Waals surface area contributed by atoms with Crippen molar-refractivity contribution in [1.82, 2.24) is 4.90 Å². The number of thiophene rings is 2. The Hall–Kier alpha value is -2.48. The monoisotopic (exact) mass is 397 g/mol. The first-order valence-electron chi connectivity index (χ1n) is 8.66. The van der Waals surface area contributed by atoms with Gasteiger partial charge in [0.05, 0.1) is 18.2 Å². The van der Waals surface area contributed by atoms with Crippen LogP contribution in [0.15, 0.2) is 53.2 Å². The van der Waals surface area contributed by atoms with Gasteiger partial charge in [-0.3, -0.25) is 14.5 Å². The maximum atomic E-state index is 12.7.